The van der Waals surface area contributed by atoms with Crippen LogP contribution >= 0.6 is 11.8 Å². The Morgan fingerprint density at radius 2 is 1.52 bits per heavy atom. The largest absolute Gasteiger partial charge is 0.321 e. The summed E-state index contributed by atoms with van der Waals surface area (Å²) in [6.07, 6.45) is 0. The SMILES string of the molecule is O=C(Nc1cccc2ccccc12)c1ccccc1Sc1ccc([N+](=O)[O-])cc1. The molecule has 4 aromatic carbocycles. The number of non-ortho nitro benzene ring substituents is 1. The van der Waals surface area contributed by atoms with Crippen LogP contribution in [0.1, 0.15) is 10.4 Å². The molecule has 0 aliphatic carbocycles. The molecule has 0 saturated heterocycles. The normalized spacial score (nSPS) is 10.6. The standard InChI is InChI=1S/C23H16N2O3S/c26-23(24-21-10-5-7-16-6-1-2-8-19(16)21)20-9-3-4-11-22(20)29-18-14-12-17(13-15-18)25(27)28/h1-15H,(H,24,26). The van der Waals surface area contributed by atoms with E-state index in [-0.39, 0.29) is 11.6 Å². The van der Waals surface area contributed by atoms with Crippen molar-refractivity contribution in [2.75, 3.05) is 5.32 Å². The predicted octanol–water partition coefficient (Wildman–Crippen LogP) is 6.15. The van der Waals surface area contributed by atoms with Crippen molar-refractivity contribution in [1.82, 2.24) is 0 Å². The maximum absolute atomic E-state index is 13.0. The Morgan fingerprint density at radius 1 is 0.828 bits per heavy atom. The minimum Gasteiger partial charge on any atom is -0.321 e. The lowest BCUT2D eigenvalue weighted by atomic mass is 10.1. The summed E-state index contributed by atoms with van der Waals surface area (Å²) in [6, 6.07) is 27.3. The van der Waals surface area contributed by atoms with Gasteiger partial charge in [-0.25, -0.2) is 0 Å². The molecule has 142 valence electrons. The predicted molar refractivity (Wildman–Crippen MR) is 116 cm³/mol. The average Bonchev–Trinajstić information content (AvgIpc) is 2.75. The second-order valence-corrected chi connectivity index (χ2v) is 7.45. The summed E-state index contributed by atoms with van der Waals surface area (Å²) in [5, 5.41) is 15.9. The summed E-state index contributed by atoms with van der Waals surface area (Å²) in [6.45, 7) is 0. The van der Waals surface area contributed by atoms with Crippen LogP contribution in [0.15, 0.2) is 101 Å². The molecule has 29 heavy (non-hydrogen) atoms. The van der Waals surface area contributed by atoms with Crippen LogP contribution in [0.4, 0.5) is 11.4 Å². The molecule has 0 unspecified atom stereocenters. The first-order valence-electron chi connectivity index (χ1n) is 8.92. The van der Waals surface area contributed by atoms with E-state index in [1.807, 2.05) is 60.7 Å². The Kier molecular flexibility index (Phi) is 5.27. The third-order valence-electron chi connectivity index (χ3n) is 4.44. The Hall–Kier alpha value is -3.64. The van der Waals surface area contributed by atoms with E-state index in [9.17, 15) is 14.9 Å². The number of nitro groups is 1. The van der Waals surface area contributed by atoms with Crippen LogP contribution in [0.5, 0.6) is 0 Å². The van der Waals surface area contributed by atoms with E-state index in [1.54, 1.807) is 18.2 Å². The zero-order valence-corrected chi connectivity index (χ0v) is 16.1. The average molecular weight is 400 g/mol. The van der Waals surface area contributed by atoms with Crippen LogP contribution in [0, 0.1) is 10.1 Å². The number of anilines is 1. The van der Waals surface area contributed by atoms with Crippen LogP contribution in [0.25, 0.3) is 10.8 Å². The number of carbonyl (C=O) groups excluding carboxylic acids is 1. The van der Waals surface area contributed by atoms with Crippen LogP contribution in [0.2, 0.25) is 0 Å². The molecule has 0 aromatic heterocycles. The van der Waals surface area contributed by atoms with Gasteiger partial charge in [-0.1, -0.05) is 60.3 Å². The lowest BCUT2D eigenvalue weighted by Gasteiger charge is -2.12. The number of nitro benzene ring substituents is 1. The molecule has 0 radical (unpaired) electrons. The highest BCUT2D eigenvalue weighted by Crippen LogP contribution is 2.32. The number of amides is 1. The van der Waals surface area contributed by atoms with Gasteiger partial charge in [0.05, 0.1) is 10.5 Å². The molecule has 4 rings (SSSR count). The van der Waals surface area contributed by atoms with Gasteiger partial charge < -0.3 is 5.32 Å². The maximum Gasteiger partial charge on any atom is 0.269 e. The van der Waals surface area contributed by atoms with Crippen molar-refractivity contribution in [2.24, 2.45) is 0 Å². The van der Waals surface area contributed by atoms with Gasteiger partial charge in [0.2, 0.25) is 0 Å². The summed E-state index contributed by atoms with van der Waals surface area (Å²) >= 11 is 1.39. The van der Waals surface area contributed by atoms with E-state index in [0.717, 1.165) is 26.3 Å². The molecular weight excluding hydrogens is 384 g/mol. The lowest BCUT2D eigenvalue weighted by molar-refractivity contribution is -0.384. The summed E-state index contributed by atoms with van der Waals surface area (Å²) in [5.41, 5.74) is 1.34. The van der Waals surface area contributed by atoms with Crippen molar-refractivity contribution < 1.29 is 9.72 Å². The first-order valence-corrected chi connectivity index (χ1v) is 9.74. The van der Waals surface area contributed by atoms with Crippen LogP contribution < -0.4 is 5.32 Å². The van der Waals surface area contributed by atoms with Gasteiger partial charge in [-0.3, -0.25) is 14.9 Å². The van der Waals surface area contributed by atoms with E-state index >= 15 is 0 Å². The van der Waals surface area contributed by atoms with Crippen molar-refractivity contribution in [3.8, 4) is 0 Å². The van der Waals surface area contributed by atoms with Crippen molar-refractivity contribution in [1.29, 1.82) is 0 Å². The van der Waals surface area contributed by atoms with Gasteiger partial charge in [-0.2, -0.15) is 0 Å². The Balaban J connectivity index is 1.60. The minimum atomic E-state index is -0.431. The lowest BCUT2D eigenvalue weighted by Crippen LogP contribution is -2.13. The molecule has 1 N–H and O–H groups in total. The molecular formula is C23H16N2O3S. The molecule has 6 heteroatoms. The third kappa shape index (κ3) is 4.12. The van der Waals surface area contributed by atoms with E-state index in [1.165, 1.54) is 23.9 Å². The molecule has 0 saturated carbocycles. The Morgan fingerprint density at radius 3 is 2.31 bits per heavy atom. The third-order valence-corrected chi connectivity index (χ3v) is 5.53. The molecule has 0 spiro atoms. The smallest absolute Gasteiger partial charge is 0.269 e. The number of nitrogens with one attached hydrogen (secondary N) is 1. The van der Waals surface area contributed by atoms with Crippen LogP contribution in [0.3, 0.4) is 0 Å². The summed E-state index contributed by atoms with van der Waals surface area (Å²) in [4.78, 5) is 25.0. The second kappa shape index (κ2) is 8.16. The highest BCUT2D eigenvalue weighted by molar-refractivity contribution is 7.99. The van der Waals surface area contributed by atoms with Crippen molar-refractivity contribution >= 4 is 39.8 Å². The number of nitrogens with zero attached hydrogens (tertiary/aromatic N) is 1. The molecule has 0 aliphatic heterocycles. The number of hydrogen-bond donors (Lipinski definition) is 1. The van der Waals surface area contributed by atoms with Gasteiger partial charge in [0.25, 0.3) is 11.6 Å². The molecule has 0 heterocycles. The Bertz CT molecular complexity index is 1200. The fraction of sp³-hybridized carbons (Fsp3) is 0. The van der Waals surface area contributed by atoms with E-state index in [2.05, 4.69) is 5.32 Å². The molecule has 1 amide bonds. The van der Waals surface area contributed by atoms with Crippen molar-refractivity contribution in [3.63, 3.8) is 0 Å². The molecule has 0 atom stereocenters. The van der Waals surface area contributed by atoms with Gasteiger partial charge in [0, 0.05) is 33.0 Å². The molecule has 0 aliphatic rings. The van der Waals surface area contributed by atoms with Crippen LogP contribution in [-0.4, -0.2) is 10.8 Å². The number of carbonyl (C=O) groups is 1. The van der Waals surface area contributed by atoms with Gasteiger partial charge in [0.1, 0.15) is 0 Å². The fourth-order valence-electron chi connectivity index (χ4n) is 3.03. The number of rotatable bonds is 5. The quantitative estimate of drug-likeness (QED) is 0.322. The zero-order valence-electron chi connectivity index (χ0n) is 15.2. The first-order chi connectivity index (χ1) is 14.1. The van der Waals surface area contributed by atoms with E-state index in [0.29, 0.717) is 5.56 Å². The van der Waals surface area contributed by atoms with Crippen LogP contribution in [-0.2, 0) is 0 Å². The minimum absolute atomic E-state index is 0.0383. The van der Waals surface area contributed by atoms with Crippen molar-refractivity contribution in [3.05, 3.63) is 107 Å². The van der Waals surface area contributed by atoms with Crippen molar-refractivity contribution in [2.45, 2.75) is 9.79 Å². The molecule has 0 bridgehead atoms. The molecule has 4 aromatic rings. The first kappa shape index (κ1) is 18.7. The van der Waals surface area contributed by atoms with Gasteiger partial charge in [0.15, 0.2) is 0 Å². The highest BCUT2D eigenvalue weighted by atomic mass is 32.2. The fourth-order valence-corrected chi connectivity index (χ4v) is 3.97. The number of hydrogen-bond acceptors (Lipinski definition) is 4. The summed E-state index contributed by atoms with van der Waals surface area (Å²) in [5.74, 6) is -0.202. The Labute approximate surface area is 171 Å². The summed E-state index contributed by atoms with van der Waals surface area (Å²) in [7, 11) is 0. The number of fused-ring (bicyclic) bond motifs is 1. The van der Waals surface area contributed by atoms with Gasteiger partial charge in [-0.05, 0) is 35.7 Å². The van der Waals surface area contributed by atoms with E-state index < -0.39 is 4.92 Å². The highest BCUT2D eigenvalue weighted by Gasteiger charge is 2.14. The number of benzene rings is 4. The van der Waals surface area contributed by atoms with E-state index in [4.69, 9.17) is 0 Å². The van der Waals surface area contributed by atoms with Gasteiger partial charge in [-0.15, -0.1) is 0 Å². The second-order valence-electron chi connectivity index (χ2n) is 6.33. The van der Waals surface area contributed by atoms with Gasteiger partial charge >= 0.3 is 0 Å². The zero-order chi connectivity index (χ0) is 20.2. The molecule has 5 nitrogen and oxygen atoms in total. The monoisotopic (exact) mass is 400 g/mol. The maximum atomic E-state index is 13.0. The molecule has 0 fully saturated rings. The summed E-state index contributed by atoms with van der Waals surface area (Å²) < 4.78 is 0. The topological polar surface area (TPSA) is 72.2 Å².